The van der Waals surface area contributed by atoms with Gasteiger partial charge in [-0.1, -0.05) is 13.8 Å². The Morgan fingerprint density at radius 1 is 1.30 bits per heavy atom. The molecule has 2 nitrogen and oxygen atoms in total. The quantitative estimate of drug-likeness (QED) is 0.589. The third-order valence-corrected chi connectivity index (χ3v) is 1.29. The molecule has 0 aromatic carbocycles. The average Bonchev–Trinajstić information content (AvgIpc) is 2.16. The number of nitrogens with zero attached hydrogens (tertiary/aromatic N) is 1. The maximum Gasteiger partial charge on any atom is 0.192 e. The maximum absolute atomic E-state index is 4.97. The van der Waals surface area contributed by atoms with Gasteiger partial charge in [-0.25, -0.2) is 4.98 Å². The predicted octanol–water partition coefficient (Wildman–Crippen LogP) is 2.61. The molecule has 0 fully saturated rings. The molecule has 0 N–H and O–H groups in total. The number of rotatable bonds is 0. The summed E-state index contributed by atoms with van der Waals surface area (Å²) in [6.45, 7) is 7.66. The van der Waals surface area contributed by atoms with Crippen molar-refractivity contribution in [2.24, 2.45) is 0 Å². The van der Waals surface area contributed by atoms with E-state index in [4.69, 9.17) is 4.42 Å². The molecule has 0 saturated carbocycles. The number of oxazole rings is 1. The van der Waals surface area contributed by atoms with E-state index < -0.39 is 0 Å². The monoisotopic (exact) mass is 159 g/mol. The molecule has 0 saturated heterocycles. The van der Waals surface area contributed by atoms with Crippen molar-refractivity contribution < 1.29 is 4.42 Å². The Kier molecular flexibility index (Phi) is 4.19. The van der Waals surface area contributed by atoms with Crippen molar-refractivity contribution >= 4 is 12.6 Å². The molecular weight excluding hydrogens is 146 g/mol. The minimum absolute atomic E-state index is 0.613. The van der Waals surface area contributed by atoms with Crippen LogP contribution < -0.4 is 0 Å². The summed E-state index contributed by atoms with van der Waals surface area (Å²) in [5.41, 5.74) is 0.853. The smallest absolute Gasteiger partial charge is 0.192 e. The molecule has 1 heterocycles. The molecule has 0 unspecified atom stereocenters. The molecule has 10 heavy (non-hydrogen) atoms. The molecule has 0 bridgehead atoms. The van der Waals surface area contributed by atoms with E-state index in [1.54, 1.807) is 6.92 Å². The molecule has 0 amide bonds. The van der Waals surface area contributed by atoms with Crippen molar-refractivity contribution in [2.75, 3.05) is 0 Å². The van der Waals surface area contributed by atoms with Crippen LogP contribution >= 0.6 is 12.6 Å². The van der Waals surface area contributed by atoms with Crippen molar-refractivity contribution in [2.45, 2.75) is 32.8 Å². The van der Waals surface area contributed by atoms with Crippen molar-refractivity contribution in [3.8, 4) is 0 Å². The second-order valence-electron chi connectivity index (χ2n) is 1.62. The van der Waals surface area contributed by atoms with E-state index in [0.29, 0.717) is 11.0 Å². The van der Waals surface area contributed by atoms with Crippen LogP contribution in [0.1, 0.15) is 25.4 Å². The fraction of sp³-hybridized carbons (Fsp3) is 0.571. The molecular formula is C7H13NOS. The van der Waals surface area contributed by atoms with E-state index in [2.05, 4.69) is 17.6 Å². The summed E-state index contributed by atoms with van der Waals surface area (Å²) >= 11 is 3.99. The minimum Gasteiger partial charge on any atom is -0.435 e. The van der Waals surface area contributed by atoms with Gasteiger partial charge in [0.1, 0.15) is 0 Å². The zero-order valence-corrected chi connectivity index (χ0v) is 7.70. The number of aromatic nitrogens is 1. The van der Waals surface area contributed by atoms with Crippen molar-refractivity contribution in [3.63, 3.8) is 0 Å². The lowest BCUT2D eigenvalue weighted by Crippen LogP contribution is -1.69. The highest BCUT2D eigenvalue weighted by atomic mass is 32.1. The second kappa shape index (κ2) is 4.39. The average molecular weight is 159 g/mol. The van der Waals surface area contributed by atoms with Crippen molar-refractivity contribution in [1.29, 1.82) is 0 Å². The van der Waals surface area contributed by atoms with Crippen molar-refractivity contribution in [1.82, 2.24) is 4.98 Å². The summed E-state index contributed by atoms with van der Waals surface area (Å²) in [5.74, 6) is 0.674. The van der Waals surface area contributed by atoms with E-state index in [-0.39, 0.29) is 0 Å². The Hall–Kier alpha value is -0.440. The van der Waals surface area contributed by atoms with Crippen LogP contribution in [0.15, 0.2) is 9.51 Å². The first-order valence-electron chi connectivity index (χ1n) is 3.33. The number of hydrogen-bond acceptors (Lipinski definition) is 3. The van der Waals surface area contributed by atoms with Crippen LogP contribution in [0.5, 0.6) is 0 Å². The first-order valence-corrected chi connectivity index (χ1v) is 3.78. The molecule has 58 valence electrons. The van der Waals surface area contributed by atoms with Gasteiger partial charge in [-0.15, -0.1) is 12.6 Å². The fourth-order valence-electron chi connectivity index (χ4n) is 0.521. The molecule has 1 rings (SSSR count). The summed E-state index contributed by atoms with van der Waals surface area (Å²) in [6.07, 6.45) is 0. The van der Waals surface area contributed by atoms with Gasteiger partial charge in [-0.3, -0.25) is 0 Å². The van der Waals surface area contributed by atoms with Crippen LogP contribution in [0.4, 0.5) is 0 Å². The summed E-state index contributed by atoms with van der Waals surface area (Å²) < 4.78 is 4.97. The lowest BCUT2D eigenvalue weighted by atomic mass is 10.6. The third kappa shape index (κ3) is 2.43. The Bertz CT molecular complexity index is 176. The van der Waals surface area contributed by atoms with E-state index in [1.165, 1.54) is 0 Å². The Balaban J connectivity index is 0.000000371. The highest BCUT2D eigenvalue weighted by molar-refractivity contribution is 7.80. The minimum atomic E-state index is 0.613. The largest absolute Gasteiger partial charge is 0.435 e. The van der Waals surface area contributed by atoms with Gasteiger partial charge in [0.15, 0.2) is 11.0 Å². The standard InChI is InChI=1S/C5H7NOS.C2H6/c1-3-5(8)7-4(2)6-3;1-2/h8H,1-2H3;1-2H3. The lowest BCUT2D eigenvalue weighted by molar-refractivity contribution is 0.441. The van der Waals surface area contributed by atoms with Crippen LogP contribution in [0.25, 0.3) is 0 Å². The van der Waals surface area contributed by atoms with E-state index in [1.807, 2.05) is 20.8 Å². The molecule has 3 heteroatoms. The van der Waals surface area contributed by atoms with Gasteiger partial charge in [-0.05, 0) is 6.92 Å². The SMILES string of the molecule is CC.Cc1nc(C)c(S)o1. The number of thiol groups is 1. The van der Waals surface area contributed by atoms with Gasteiger partial charge in [-0.2, -0.15) is 0 Å². The summed E-state index contributed by atoms with van der Waals surface area (Å²) in [7, 11) is 0. The summed E-state index contributed by atoms with van der Waals surface area (Å²) in [4.78, 5) is 3.97. The zero-order valence-electron chi connectivity index (χ0n) is 6.80. The molecule has 0 aliphatic heterocycles. The van der Waals surface area contributed by atoms with Crippen LogP contribution in [0, 0.1) is 13.8 Å². The molecule has 1 aromatic heterocycles. The summed E-state index contributed by atoms with van der Waals surface area (Å²) in [5, 5.41) is 0.613. The molecule has 1 aromatic rings. The normalized spacial score (nSPS) is 8.50. The molecule has 0 atom stereocenters. The predicted molar refractivity (Wildman–Crippen MR) is 44.6 cm³/mol. The maximum atomic E-state index is 4.97. The number of hydrogen-bond donors (Lipinski definition) is 1. The first-order chi connectivity index (χ1) is 4.70. The molecule has 0 aliphatic carbocycles. The molecule has 0 aliphatic rings. The zero-order chi connectivity index (χ0) is 8.15. The molecule has 0 radical (unpaired) electrons. The van der Waals surface area contributed by atoms with Gasteiger partial charge in [0.05, 0.1) is 5.69 Å². The Labute approximate surface area is 67.1 Å². The Morgan fingerprint density at radius 3 is 1.90 bits per heavy atom. The van der Waals surface area contributed by atoms with Gasteiger partial charge < -0.3 is 4.42 Å². The summed E-state index contributed by atoms with van der Waals surface area (Å²) in [6, 6.07) is 0. The van der Waals surface area contributed by atoms with Crippen LogP contribution in [-0.4, -0.2) is 4.98 Å². The second-order valence-corrected chi connectivity index (χ2v) is 2.03. The highest BCUT2D eigenvalue weighted by Gasteiger charge is 1.98. The van der Waals surface area contributed by atoms with Crippen molar-refractivity contribution in [3.05, 3.63) is 11.6 Å². The van der Waals surface area contributed by atoms with Crippen LogP contribution in [-0.2, 0) is 0 Å². The van der Waals surface area contributed by atoms with E-state index in [9.17, 15) is 0 Å². The number of aryl methyl sites for hydroxylation is 2. The van der Waals surface area contributed by atoms with E-state index in [0.717, 1.165) is 5.69 Å². The van der Waals surface area contributed by atoms with Gasteiger partial charge in [0, 0.05) is 6.92 Å². The topological polar surface area (TPSA) is 26.0 Å². The van der Waals surface area contributed by atoms with Crippen LogP contribution in [0.3, 0.4) is 0 Å². The van der Waals surface area contributed by atoms with Crippen LogP contribution in [0.2, 0.25) is 0 Å². The van der Waals surface area contributed by atoms with Gasteiger partial charge in [0.2, 0.25) is 0 Å². The first kappa shape index (κ1) is 9.56. The lowest BCUT2D eigenvalue weighted by Gasteiger charge is -1.76. The van der Waals surface area contributed by atoms with E-state index >= 15 is 0 Å². The Morgan fingerprint density at radius 2 is 1.80 bits per heavy atom. The highest BCUT2D eigenvalue weighted by Crippen LogP contribution is 2.11. The fourth-order valence-corrected chi connectivity index (χ4v) is 0.703. The molecule has 0 spiro atoms. The van der Waals surface area contributed by atoms with Gasteiger partial charge >= 0.3 is 0 Å². The van der Waals surface area contributed by atoms with Gasteiger partial charge in [0.25, 0.3) is 0 Å². The third-order valence-electron chi connectivity index (χ3n) is 0.879.